The predicted molar refractivity (Wildman–Crippen MR) is 61.4 cm³/mol. The van der Waals surface area contributed by atoms with E-state index in [-0.39, 0.29) is 23.1 Å². The summed E-state index contributed by atoms with van der Waals surface area (Å²) in [6, 6.07) is 3.26. The maximum atomic E-state index is 10.9. The highest BCUT2D eigenvalue weighted by Crippen LogP contribution is 2.35. The summed E-state index contributed by atoms with van der Waals surface area (Å²) in [5.74, 6) is 0.820. The maximum Gasteiger partial charge on any atom is 0.312 e. The number of rotatable bonds is 4. The van der Waals surface area contributed by atoms with E-state index >= 15 is 0 Å². The van der Waals surface area contributed by atoms with Gasteiger partial charge in [-0.2, -0.15) is 5.26 Å². The average molecular weight is 232 g/mol. The molecule has 6 heteroatoms. The first kappa shape index (κ1) is 11.3. The van der Waals surface area contributed by atoms with Gasteiger partial charge in [0.1, 0.15) is 6.07 Å². The Hall–Kier alpha value is -2.16. The van der Waals surface area contributed by atoms with E-state index in [0.29, 0.717) is 5.92 Å². The molecule has 1 atom stereocenters. The lowest BCUT2D eigenvalue weighted by atomic mass is 10.2. The third-order valence-corrected chi connectivity index (χ3v) is 2.89. The van der Waals surface area contributed by atoms with Crippen LogP contribution in [0.3, 0.4) is 0 Å². The molecule has 0 bridgehead atoms. The van der Waals surface area contributed by atoms with Gasteiger partial charge in [-0.05, 0) is 25.7 Å². The normalized spacial score (nSPS) is 16.0. The van der Waals surface area contributed by atoms with Gasteiger partial charge in [0.15, 0.2) is 0 Å². The van der Waals surface area contributed by atoms with Gasteiger partial charge in [0.05, 0.1) is 10.5 Å². The molecule has 0 saturated heterocycles. The van der Waals surface area contributed by atoms with Gasteiger partial charge < -0.3 is 5.32 Å². The van der Waals surface area contributed by atoms with Crippen molar-refractivity contribution in [2.75, 3.05) is 5.32 Å². The Kier molecular flexibility index (Phi) is 2.91. The Labute approximate surface area is 98.4 Å². The minimum Gasteiger partial charge on any atom is -0.362 e. The van der Waals surface area contributed by atoms with E-state index in [1.165, 1.54) is 12.3 Å². The Morgan fingerprint density at radius 1 is 1.71 bits per heavy atom. The van der Waals surface area contributed by atoms with Gasteiger partial charge in [0, 0.05) is 18.3 Å². The average Bonchev–Trinajstić information content (AvgIpc) is 3.13. The molecule has 6 nitrogen and oxygen atoms in total. The zero-order valence-corrected chi connectivity index (χ0v) is 9.38. The van der Waals surface area contributed by atoms with Crippen molar-refractivity contribution in [3.63, 3.8) is 0 Å². The van der Waals surface area contributed by atoms with Gasteiger partial charge in [-0.3, -0.25) is 10.1 Å². The van der Waals surface area contributed by atoms with Gasteiger partial charge in [0.2, 0.25) is 5.82 Å². The Bertz CT molecular complexity index is 491. The molecule has 1 aliphatic carbocycles. The van der Waals surface area contributed by atoms with Crippen molar-refractivity contribution in [1.82, 2.24) is 4.98 Å². The maximum absolute atomic E-state index is 10.9. The summed E-state index contributed by atoms with van der Waals surface area (Å²) in [4.78, 5) is 14.3. The van der Waals surface area contributed by atoms with E-state index in [1.54, 1.807) is 0 Å². The summed E-state index contributed by atoms with van der Waals surface area (Å²) < 4.78 is 0. The van der Waals surface area contributed by atoms with Crippen LogP contribution in [0.4, 0.5) is 11.5 Å². The first-order valence-electron chi connectivity index (χ1n) is 5.43. The topological polar surface area (TPSA) is 91.8 Å². The second kappa shape index (κ2) is 4.37. The second-order valence-electron chi connectivity index (χ2n) is 4.23. The van der Waals surface area contributed by atoms with Crippen LogP contribution in [0.15, 0.2) is 12.3 Å². The molecule has 1 fully saturated rings. The number of pyridine rings is 1. The number of nitriles is 1. The molecule has 1 unspecified atom stereocenters. The number of nitro groups is 1. The van der Waals surface area contributed by atoms with E-state index in [9.17, 15) is 10.1 Å². The first-order valence-corrected chi connectivity index (χ1v) is 5.43. The van der Waals surface area contributed by atoms with Crippen LogP contribution < -0.4 is 5.32 Å². The molecule has 0 amide bonds. The highest BCUT2D eigenvalue weighted by Gasteiger charge is 2.29. The Morgan fingerprint density at radius 2 is 2.41 bits per heavy atom. The standard InChI is InChI=1S/C11H12N4O2/c1-7(9-2-3-9)14-11-10(15(16)17)4-8(5-12)6-13-11/h4,6-7,9H,2-3H2,1H3,(H,13,14). The van der Waals surface area contributed by atoms with Crippen LogP contribution in [-0.2, 0) is 0 Å². The summed E-state index contributed by atoms with van der Waals surface area (Å²) >= 11 is 0. The quantitative estimate of drug-likeness (QED) is 0.633. The van der Waals surface area contributed by atoms with Gasteiger partial charge >= 0.3 is 5.69 Å². The lowest BCUT2D eigenvalue weighted by Crippen LogP contribution is -2.19. The van der Waals surface area contributed by atoms with Crippen molar-refractivity contribution in [3.05, 3.63) is 27.9 Å². The molecule has 0 aliphatic heterocycles. The summed E-state index contributed by atoms with van der Waals surface area (Å²) in [7, 11) is 0. The lowest BCUT2D eigenvalue weighted by Gasteiger charge is -2.13. The fourth-order valence-electron chi connectivity index (χ4n) is 1.69. The van der Waals surface area contributed by atoms with Crippen molar-refractivity contribution in [2.24, 2.45) is 5.92 Å². The molecule has 17 heavy (non-hydrogen) atoms. The smallest absolute Gasteiger partial charge is 0.312 e. The van der Waals surface area contributed by atoms with Crippen LogP contribution in [0.1, 0.15) is 25.3 Å². The highest BCUT2D eigenvalue weighted by atomic mass is 16.6. The fraction of sp³-hybridized carbons (Fsp3) is 0.455. The van der Waals surface area contributed by atoms with Crippen molar-refractivity contribution in [2.45, 2.75) is 25.8 Å². The minimum absolute atomic E-state index is 0.142. The molecule has 1 aromatic heterocycles. The van der Waals surface area contributed by atoms with Crippen LogP contribution in [0.5, 0.6) is 0 Å². The first-order chi connectivity index (χ1) is 8.11. The molecule has 2 rings (SSSR count). The fourth-order valence-corrected chi connectivity index (χ4v) is 1.69. The number of hydrogen-bond acceptors (Lipinski definition) is 5. The molecule has 88 valence electrons. The number of nitrogens with one attached hydrogen (secondary N) is 1. The zero-order valence-electron chi connectivity index (χ0n) is 9.38. The molecular weight excluding hydrogens is 220 g/mol. The van der Waals surface area contributed by atoms with Gasteiger partial charge in [-0.1, -0.05) is 0 Å². The SMILES string of the molecule is CC(Nc1ncc(C#N)cc1[N+](=O)[O-])C1CC1. The van der Waals surface area contributed by atoms with Crippen LogP contribution in [0, 0.1) is 27.4 Å². The van der Waals surface area contributed by atoms with Crippen LogP contribution in [0.25, 0.3) is 0 Å². The molecule has 0 spiro atoms. The largest absolute Gasteiger partial charge is 0.362 e. The summed E-state index contributed by atoms with van der Waals surface area (Å²) in [6.45, 7) is 1.99. The predicted octanol–water partition coefficient (Wildman–Crippen LogP) is 2.07. The van der Waals surface area contributed by atoms with E-state index < -0.39 is 4.92 Å². The van der Waals surface area contributed by atoms with Crippen molar-refractivity contribution < 1.29 is 4.92 Å². The van der Waals surface area contributed by atoms with Crippen molar-refractivity contribution in [1.29, 1.82) is 5.26 Å². The summed E-state index contributed by atoms with van der Waals surface area (Å²) in [6.07, 6.45) is 3.64. The van der Waals surface area contributed by atoms with E-state index in [0.717, 1.165) is 12.8 Å². The Morgan fingerprint density at radius 3 is 2.94 bits per heavy atom. The molecule has 1 aliphatic rings. The van der Waals surface area contributed by atoms with Crippen molar-refractivity contribution in [3.8, 4) is 6.07 Å². The molecular formula is C11H12N4O2. The molecule has 0 radical (unpaired) electrons. The van der Waals surface area contributed by atoms with Crippen LogP contribution in [-0.4, -0.2) is 15.9 Å². The Balaban J connectivity index is 2.25. The van der Waals surface area contributed by atoms with E-state index in [4.69, 9.17) is 5.26 Å². The van der Waals surface area contributed by atoms with E-state index in [1.807, 2.05) is 13.0 Å². The van der Waals surface area contributed by atoms with Crippen LogP contribution >= 0.6 is 0 Å². The third-order valence-electron chi connectivity index (χ3n) is 2.89. The number of aromatic nitrogens is 1. The monoisotopic (exact) mass is 232 g/mol. The third kappa shape index (κ3) is 2.50. The minimum atomic E-state index is -0.518. The molecule has 0 aromatic carbocycles. The summed E-state index contributed by atoms with van der Waals surface area (Å²) in [5, 5.41) is 22.6. The van der Waals surface area contributed by atoms with Crippen molar-refractivity contribution >= 4 is 11.5 Å². The highest BCUT2D eigenvalue weighted by molar-refractivity contribution is 5.58. The molecule has 1 N–H and O–H groups in total. The van der Waals surface area contributed by atoms with Crippen LogP contribution in [0.2, 0.25) is 0 Å². The number of hydrogen-bond donors (Lipinski definition) is 1. The number of nitrogens with zero attached hydrogens (tertiary/aromatic N) is 3. The van der Waals surface area contributed by atoms with Gasteiger partial charge in [-0.15, -0.1) is 0 Å². The number of anilines is 1. The second-order valence-corrected chi connectivity index (χ2v) is 4.23. The molecule has 1 saturated carbocycles. The van der Waals surface area contributed by atoms with Gasteiger partial charge in [-0.25, -0.2) is 4.98 Å². The lowest BCUT2D eigenvalue weighted by molar-refractivity contribution is -0.384. The molecule has 1 heterocycles. The van der Waals surface area contributed by atoms with Gasteiger partial charge in [0.25, 0.3) is 0 Å². The zero-order chi connectivity index (χ0) is 12.4. The molecule has 1 aromatic rings. The van der Waals surface area contributed by atoms with E-state index in [2.05, 4.69) is 10.3 Å². The summed E-state index contributed by atoms with van der Waals surface area (Å²) in [5.41, 5.74) is 0.0536.